The largest absolute Gasteiger partial charge is 0.494 e. The molecular weight excluding hydrogens is 256 g/mol. The first-order valence-corrected chi connectivity index (χ1v) is 6.92. The molecule has 0 bridgehead atoms. The van der Waals surface area contributed by atoms with Crippen molar-refractivity contribution >= 4 is 5.91 Å². The van der Waals surface area contributed by atoms with Crippen LogP contribution in [0.1, 0.15) is 13.3 Å². The summed E-state index contributed by atoms with van der Waals surface area (Å²) in [5.41, 5.74) is 5.30. The molecule has 1 saturated heterocycles. The molecule has 0 aliphatic carbocycles. The van der Waals surface area contributed by atoms with Crippen LogP contribution < -0.4 is 15.8 Å². The van der Waals surface area contributed by atoms with Gasteiger partial charge in [-0.05, 0) is 25.5 Å². The molecule has 5 heteroatoms. The van der Waals surface area contributed by atoms with Crippen molar-refractivity contribution in [3.63, 3.8) is 0 Å². The first-order valence-electron chi connectivity index (χ1n) is 6.92. The van der Waals surface area contributed by atoms with E-state index in [1.807, 2.05) is 37.3 Å². The normalized spacial score (nSPS) is 25.4. The third kappa shape index (κ3) is 3.49. The minimum Gasteiger partial charge on any atom is -0.494 e. The SMILES string of the molecule is CC1(C(=O)NCCCOc2ccccc2)COCC1N. The van der Waals surface area contributed by atoms with E-state index in [0.29, 0.717) is 26.4 Å². The molecule has 0 spiro atoms. The molecule has 1 heterocycles. The molecule has 3 N–H and O–H groups in total. The van der Waals surface area contributed by atoms with E-state index in [1.54, 1.807) is 0 Å². The van der Waals surface area contributed by atoms with Crippen molar-refractivity contribution in [3.05, 3.63) is 30.3 Å². The third-order valence-corrected chi connectivity index (χ3v) is 3.66. The van der Waals surface area contributed by atoms with Gasteiger partial charge in [0.2, 0.25) is 5.91 Å². The lowest BCUT2D eigenvalue weighted by molar-refractivity contribution is -0.130. The fourth-order valence-corrected chi connectivity index (χ4v) is 2.11. The Morgan fingerprint density at radius 2 is 2.25 bits per heavy atom. The summed E-state index contributed by atoms with van der Waals surface area (Å²) in [5.74, 6) is 0.805. The molecule has 0 saturated carbocycles. The molecular formula is C15H22N2O3. The summed E-state index contributed by atoms with van der Waals surface area (Å²) >= 11 is 0. The van der Waals surface area contributed by atoms with E-state index in [4.69, 9.17) is 15.2 Å². The quantitative estimate of drug-likeness (QED) is 0.759. The van der Waals surface area contributed by atoms with Crippen LogP contribution >= 0.6 is 0 Å². The van der Waals surface area contributed by atoms with Gasteiger partial charge in [-0.1, -0.05) is 18.2 Å². The van der Waals surface area contributed by atoms with Gasteiger partial charge in [-0.15, -0.1) is 0 Å². The van der Waals surface area contributed by atoms with Crippen LogP contribution in [-0.2, 0) is 9.53 Å². The summed E-state index contributed by atoms with van der Waals surface area (Å²) in [6, 6.07) is 9.39. The summed E-state index contributed by atoms with van der Waals surface area (Å²) < 4.78 is 10.8. The lowest BCUT2D eigenvalue weighted by Gasteiger charge is -2.25. The Bertz CT molecular complexity index is 438. The first kappa shape index (κ1) is 14.8. The van der Waals surface area contributed by atoms with Crippen LogP contribution in [0.3, 0.4) is 0 Å². The second-order valence-electron chi connectivity index (χ2n) is 5.31. The number of hydrogen-bond acceptors (Lipinski definition) is 4. The molecule has 1 aromatic rings. The monoisotopic (exact) mass is 278 g/mol. The Morgan fingerprint density at radius 3 is 2.90 bits per heavy atom. The van der Waals surface area contributed by atoms with Crippen molar-refractivity contribution in [2.45, 2.75) is 19.4 Å². The van der Waals surface area contributed by atoms with Gasteiger partial charge in [-0.25, -0.2) is 0 Å². The van der Waals surface area contributed by atoms with E-state index in [0.717, 1.165) is 12.2 Å². The van der Waals surface area contributed by atoms with E-state index in [2.05, 4.69) is 5.32 Å². The number of hydrogen-bond donors (Lipinski definition) is 2. The van der Waals surface area contributed by atoms with Gasteiger partial charge in [0.05, 0.1) is 25.2 Å². The maximum Gasteiger partial charge on any atom is 0.229 e. The number of benzene rings is 1. The zero-order valence-electron chi connectivity index (χ0n) is 11.8. The van der Waals surface area contributed by atoms with Gasteiger partial charge in [0.25, 0.3) is 0 Å². The van der Waals surface area contributed by atoms with Crippen LogP contribution in [-0.4, -0.2) is 38.3 Å². The summed E-state index contributed by atoms with van der Waals surface area (Å²) in [5, 5.41) is 2.90. The van der Waals surface area contributed by atoms with E-state index in [-0.39, 0.29) is 11.9 Å². The standard InChI is InChI=1S/C15H22N2O3/c1-15(11-19-10-13(15)16)14(18)17-8-5-9-20-12-6-3-2-4-7-12/h2-4,6-7,13H,5,8-11,16H2,1H3,(H,17,18). The lowest BCUT2D eigenvalue weighted by atomic mass is 9.85. The summed E-state index contributed by atoms with van der Waals surface area (Å²) in [7, 11) is 0. The Morgan fingerprint density at radius 1 is 1.50 bits per heavy atom. The highest BCUT2D eigenvalue weighted by molar-refractivity contribution is 5.83. The van der Waals surface area contributed by atoms with Gasteiger partial charge in [-0.2, -0.15) is 0 Å². The number of para-hydroxylation sites is 1. The number of nitrogens with one attached hydrogen (secondary N) is 1. The predicted octanol–water partition coefficient (Wildman–Crippen LogP) is 0.935. The zero-order valence-corrected chi connectivity index (χ0v) is 11.8. The van der Waals surface area contributed by atoms with Crippen LogP contribution in [0.4, 0.5) is 0 Å². The number of amides is 1. The molecule has 2 atom stereocenters. The molecule has 2 rings (SSSR count). The number of nitrogens with two attached hydrogens (primary N) is 1. The molecule has 2 unspecified atom stereocenters. The highest BCUT2D eigenvalue weighted by Gasteiger charge is 2.44. The number of carbonyl (C=O) groups is 1. The second-order valence-corrected chi connectivity index (χ2v) is 5.31. The summed E-state index contributed by atoms with van der Waals surface area (Å²) in [6.07, 6.45) is 0.757. The summed E-state index contributed by atoms with van der Waals surface area (Å²) in [6.45, 7) is 3.83. The van der Waals surface area contributed by atoms with Gasteiger partial charge in [-0.3, -0.25) is 4.79 Å². The molecule has 20 heavy (non-hydrogen) atoms. The minimum atomic E-state index is -0.611. The molecule has 0 aromatic heterocycles. The maximum absolute atomic E-state index is 12.1. The molecule has 1 aliphatic rings. The molecule has 1 aromatic carbocycles. The van der Waals surface area contributed by atoms with Crippen molar-refractivity contribution in [1.82, 2.24) is 5.32 Å². The Hall–Kier alpha value is -1.59. The third-order valence-electron chi connectivity index (χ3n) is 3.66. The van der Waals surface area contributed by atoms with Gasteiger partial charge >= 0.3 is 0 Å². The highest BCUT2D eigenvalue weighted by atomic mass is 16.5. The average Bonchev–Trinajstić information content (AvgIpc) is 2.80. The van der Waals surface area contributed by atoms with Gasteiger partial charge in [0.1, 0.15) is 5.75 Å². The van der Waals surface area contributed by atoms with Crippen LogP contribution in [0, 0.1) is 5.41 Å². The van der Waals surface area contributed by atoms with E-state index in [1.165, 1.54) is 0 Å². The van der Waals surface area contributed by atoms with Crippen LogP contribution in [0.15, 0.2) is 30.3 Å². The van der Waals surface area contributed by atoms with Crippen molar-refractivity contribution in [1.29, 1.82) is 0 Å². The van der Waals surface area contributed by atoms with Crippen LogP contribution in [0.25, 0.3) is 0 Å². The molecule has 5 nitrogen and oxygen atoms in total. The van der Waals surface area contributed by atoms with Crippen molar-refractivity contribution < 1.29 is 14.3 Å². The summed E-state index contributed by atoms with van der Waals surface area (Å²) in [4.78, 5) is 12.1. The van der Waals surface area contributed by atoms with E-state index < -0.39 is 5.41 Å². The lowest BCUT2D eigenvalue weighted by Crippen LogP contribution is -2.50. The molecule has 1 fully saturated rings. The van der Waals surface area contributed by atoms with Crippen molar-refractivity contribution in [3.8, 4) is 5.75 Å². The molecule has 110 valence electrons. The predicted molar refractivity (Wildman–Crippen MR) is 76.5 cm³/mol. The smallest absolute Gasteiger partial charge is 0.229 e. The van der Waals surface area contributed by atoms with Crippen LogP contribution in [0.2, 0.25) is 0 Å². The van der Waals surface area contributed by atoms with Crippen molar-refractivity contribution in [2.24, 2.45) is 11.1 Å². The van der Waals surface area contributed by atoms with Gasteiger partial charge in [0.15, 0.2) is 0 Å². The second kappa shape index (κ2) is 6.72. The van der Waals surface area contributed by atoms with E-state index in [9.17, 15) is 4.79 Å². The Labute approximate surface area is 119 Å². The molecule has 1 aliphatic heterocycles. The fraction of sp³-hybridized carbons (Fsp3) is 0.533. The van der Waals surface area contributed by atoms with Crippen molar-refractivity contribution in [2.75, 3.05) is 26.4 Å². The molecule has 0 radical (unpaired) electrons. The Kier molecular flexibility index (Phi) is 4.98. The average molecular weight is 278 g/mol. The number of rotatable bonds is 6. The minimum absolute atomic E-state index is 0.0396. The Balaban J connectivity index is 1.65. The number of carbonyl (C=O) groups excluding carboxylic acids is 1. The fourth-order valence-electron chi connectivity index (χ4n) is 2.11. The molecule has 1 amide bonds. The maximum atomic E-state index is 12.1. The topological polar surface area (TPSA) is 73.6 Å². The first-order chi connectivity index (χ1) is 9.63. The zero-order chi connectivity index (χ0) is 14.4. The van der Waals surface area contributed by atoms with Crippen LogP contribution in [0.5, 0.6) is 5.75 Å². The number of ether oxygens (including phenoxy) is 2. The highest BCUT2D eigenvalue weighted by Crippen LogP contribution is 2.26. The van der Waals surface area contributed by atoms with Gasteiger partial charge < -0.3 is 20.5 Å². The van der Waals surface area contributed by atoms with Gasteiger partial charge in [0, 0.05) is 12.6 Å². The van der Waals surface area contributed by atoms with E-state index >= 15 is 0 Å².